The number of Topliss-reactive ketones (excluding diaryl/α,β-unsaturated/α-hetero) is 1. The van der Waals surface area contributed by atoms with Gasteiger partial charge in [0.05, 0.1) is 27.2 Å². The summed E-state index contributed by atoms with van der Waals surface area (Å²) in [4.78, 5) is 14.2. The van der Waals surface area contributed by atoms with Crippen LogP contribution in [0.3, 0.4) is 0 Å². The largest absolute Gasteiger partial charge is 0.455 e. The second-order valence-electron chi connectivity index (χ2n) is 13.5. The van der Waals surface area contributed by atoms with Gasteiger partial charge in [-0.1, -0.05) is 57.2 Å². The Bertz CT molecular complexity index is 1830. The van der Waals surface area contributed by atoms with E-state index in [-0.39, 0.29) is 38.7 Å². The lowest BCUT2D eigenvalue weighted by atomic mass is 9.63. The van der Waals surface area contributed by atoms with E-state index in [0.29, 0.717) is 40.2 Å². The van der Waals surface area contributed by atoms with Crippen molar-refractivity contribution in [3.63, 3.8) is 0 Å². The number of ether oxygens (including phenoxy) is 1. The molecule has 2 aliphatic rings. The molecule has 8 nitrogen and oxygen atoms in total. The van der Waals surface area contributed by atoms with Crippen molar-refractivity contribution in [3.05, 3.63) is 93.6 Å². The fourth-order valence-corrected chi connectivity index (χ4v) is 8.21. The molecule has 0 heterocycles. The number of anilines is 3. The van der Waals surface area contributed by atoms with Crippen molar-refractivity contribution < 1.29 is 28.0 Å². The minimum absolute atomic E-state index is 0.0491. The highest BCUT2D eigenvalue weighted by atomic mass is 32.3. The van der Waals surface area contributed by atoms with Gasteiger partial charge in [-0.15, -0.1) is 0 Å². The normalized spacial score (nSPS) is 20.7. The quantitative estimate of drug-likeness (QED) is 0.182. The fraction of sp³-hybridized carbons (Fsp3) is 0.343. The number of aliphatic hydroxyl groups excluding tert-OH is 1. The first-order valence-corrected chi connectivity index (χ1v) is 16.9. The van der Waals surface area contributed by atoms with Crippen molar-refractivity contribution in [2.75, 3.05) is 17.3 Å². The predicted molar refractivity (Wildman–Crippen MR) is 177 cm³/mol. The molecule has 0 aliphatic heterocycles. The fourth-order valence-electron chi connectivity index (χ4n) is 6.60. The van der Waals surface area contributed by atoms with Gasteiger partial charge in [0.25, 0.3) is 0 Å². The number of carbonyl (C=O) groups excluding carboxylic acids is 1. The van der Waals surface area contributed by atoms with E-state index in [1.807, 2.05) is 50.3 Å². The smallest absolute Gasteiger partial charge is 0.175 e. The first kappa shape index (κ1) is 31.7. The van der Waals surface area contributed by atoms with Crippen LogP contribution in [0.5, 0.6) is 11.5 Å². The molecule has 6 N–H and O–H groups in total. The third-order valence-corrected chi connectivity index (χ3v) is 10.4. The van der Waals surface area contributed by atoms with E-state index in [2.05, 4.69) is 26.1 Å². The van der Waals surface area contributed by atoms with Gasteiger partial charge in [0.1, 0.15) is 21.5 Å². The zero-order chi connectivity index (χ0) is 32.6. The second kappa shape index (κ2) is 10.1. The zero-order valence-corrected chi connectivity index (χ0v) is 27.3. The molecule has 2 aliphatic carbocycles. The van der Waals surface area contributed by atoms with Crippen LogP contribution >= 0.6 is 0 Å². The molecule has 0 aromatic heterocycles. The van der Waals surface area contributed by atoms with E-state index in [4.69, 9.17) is 10.5 Å². The van der Waals surface area contributed by atoms with E-state index in [0.717, 1.165) is 17.4 Å². The minimum Gasteiger partial charge on any atom is -0.455 e. The number of hydrogen-bond acceptors (Lipinski definition) is 6. The van der Waals surface area contributed by atoms with Gasteiger partial charge < -0.3 is 30.0 Å². The maximum Gasteiger partial charge on any atom is 0.175 e. The Morgan fingerprint density at radius 2 is 1.70 bits per heavy atom. The number of carbonyl (C=O) groups is 1. The molecule has 2 atom stereocenters. The molecule has 0 radical (unpaired) electrons. The Morgan fingerprint density at radius 1 is 1.07 bits per heavy atom. The zero-order valence-electron chi connectivity index (χ0n) is 26.5. The predicted octanol–water partition coefficient (Wildman–Crippen LogP) is 7.90. The van der Waals surface area contributed by atoms with Crippen LogP contribution in [0.25, 0.3) is 0 Å². The van der Waals surface area contributed by atoms with E-state index in [9.17, 15) is 23.2 Å². The first-order chi connectivity index (χ1) is 20.2. The van der Waals surface area contributed by atoms with E-state index < -0.39 is 21.1 Å². The van der Waals surface area contributed by atoms with Crippen molar-refractivity contribution in [2.45, 2.75) is 71.3 Å². The van der Waals surface area contributed by atoms with Crippen molar-refractivity contribution in [1.29, 1.82) is 0 Å². The van der Waals surface area contributed by atoms with Gasteiger partial charge in [0.15, 0.2) is 11.5 Å². The van der Waals surface area contributed by atoms with Crippen LogP contribution < -0.4 is 15.8 Å². The second-order valence-corrected chi connectivity index (χ2v) is 16.4. The molecular formula is C35H42N2O6S. The highest BCUT2D eigenvalue weighted by molar-refractivity contribution is 8.09. The number of nitrogen functional groups attached to an aromatic ring is 1. The molecule has 3 aromatic carbocycles. The number of aliphatic hydroxyl groups is 1. The third-order valence-electron chi connectivity index (χ3n) is 8.82. The maximum atomic E-state index is 14.3. The number of fused-ring (bicyclic) bond motifs is 2. The molecule has 0 fully saturated rings. The summed E-state index contributed by atoms with van der Waals surface area (Å²) < 4.78 is 40.5. The monoisotopic (exact) mass is 618 g/mol. The minimum atomic E-state index is -5.13. The molecule has 3 aromatic rings. The summed E-state index contributed by atoms with van der Waals surface area (Å²) in [5, 5.41) is 15.1. The number of aryl methyl sites for hydroxylation is 2. The topological polar surface area (TPSA) is 142 Å². The van der Waals surface area contributed by atoms with Crippen molar-refractivity contribution >= 4 is 32.5 Å². The lowest BCUT2D eigenvalue weighted by Crippen LogP contribution is -2.39. The maximum absolute atomic E-state index is 14.3. The average Bonchev–Trinajstić information content (AvgIpc) is 2.89. The summed E-state index contributed by atoms with van der Waals surface area (Å²) in [7, 11) is -5.13. The Hall–Kier alpha value is -3.76. The molecule has 0 amide bonds. The van der Waals surface area contributed by atoms with Crippen LogP contribution in [0.1, 0.15) is 78.4 Å². The first-order valence-electron chi connectivity index (χ1n) is 14.6. The highest BCUT2D eigenvalue weighted by Gasteiger charge is 2.49. The van der Waals surface area contributed by atoms with Crippen molar-refractivity contribution in [1.82, 2.24) is 0 Å². The van der Waals surface area contributed by atoms with Crippen LogP contribution in [0, 0.1) is 26.2 Å². The summed E-state index contributed by atoms with van der Waals surface area (Å²) in [5.74, 6) is 0.547. The highest BCUT2D eigenvalue weighted by Crippen LogP contribution is 2.55. The number of hydrogen-bond donors (Lipinski definition) is 5. The molecule has 2 unspecified atom stereocenters. The van der Waals surface area contributed by atoms with Gasteiger partial charge in [0, 0.05) is 23.6 Å². The molecule has 5 rings (SSSR count). The summed E-state index contributed by atoms with van der Waals surface area (Å²) in [5.41, 5.74) is 10.3. The van der Waals surface area contributed by atoms with E-state index in [1.165, 1.54) is 0 Å². The summed E-state index contributed by atoms with van der Waals surface area (Å²) >= 11 is 0. The van der Waals surface area contributed by atoms with Gasteiger partial charge in [0.2, 0.25) is 0 Å². The van der Waals surface area contributed by atoms with E-state index in [1.54, 1.807) is 32.1 Å². The van der Waals surface area contributed by atoms with Crippen molar-refractivity contribution in [2.24, 2.45) is 5.41 Å². The van der Waals surface area contributed by atoms with E-state index >= 15 is 0 Å². The standard InChI is InChI=1S/C35H42N2O6S/c1-19-17-20(2)32(44(8,40,41)42)21(3)30(19)37-25-18-26(43-23-14-12-22(13-15-23)34(4,5)6)29(36)28-27(25)33(39)35(7)16-10-9-11-24(35)31(28)38/h9-15,17-18,31,37-38H,16,36H2,1-8H3,(H2,40,41,42). The van der Waals surface area contributed by atoms with Crippen LogP contribution in [0.4, 0.5) is 17.1 Å². The van der Waals surface area contributed by atoms with Gasteiger partial charge in [-0.3, -0.25) is 4.79 Å². The van der Waals surface area contributed by atoms with Crippen LogP contribution in [0.2, 0.25) is 0 Å². The number of ketones is 1. The Kier molecular flexibility index (Phi) is 7.29. The van der Waals surface area contributed by atoms with Gasteiger partial charge in [-0.05, 0) is 79.5 Å². The Morgan fingerprint density at radius 3 is 2.30 bits per heavy atom. The molecule has 234 valence electrons. The Balaban J connectivity index is 1.74. The van der Waals surface area contributed by atoms with Crippen molar-refractivity contribution in [3.8, 4) is 11.5 Å². The number of nitrogens with one attached hydrogen (secondary N) is 1. The molecule has 0 saturated heterocycles. The number of rotatable bonds is 5. The molecule has 44 heavy (non-hydrogen) atoms. The molecular weight excluding hydrogens is 576 g/mol. The molecule has 0 saturated carbocycles. The van der Waals surface area contributed by atoms with Gasteiger partial charge >= 0.3 is 0 Å². The van der Waals surface area contributed by atoms with Crippen LogP contribution in [-0.2, 0) is 15.0 Å². The lowest BCUT2D eigenvalue weighted by Gasteiger charge is -2.41. The lowest BCUT2D eigenvalue weighted by molar-refractivity contribution is 0.0774. The Labute approximate surface area is 259 Å². The van der Waals surface area contributed by atoms with Gasteiger partial charge in [-0.2, -0.15) is 0 Å². The number of allylic oxidation sites excluding steroid dienone is 3. The van der Waals surface area contributed by atoms with Crippen LogP contribution in [-0.4, -0.2) is 30.5 Å². The van der Waals surface area contributed by atoms with Gasteiger partial charge in [-0.25, -0.2) is 4.21 Å². The van der Waals surface area contributed by atoms with Crippen LogP contribution in [0.15, 0.2) is 65.1 Å². The number of nitrogens with two attached hydrogens (primary N) is 1. The SMILES string of the molecule is Cc1cc(C)c(S(C)(=O)(O)O)c(C)c1Nc1cc(Oc2ccc(C(C)(C)C)cc2)c(N)c2c1C(=O)C1(C)CC=CC=C1C2O. The molecule has 0 spiro atoms. The molecule has 0 bridgehead atoms. The number of benzene rings is 3. The third kappa shape index (κ3) is 5.28. The average molecular weight is 619 g/mol. The summed E-state index contributed by atoms with van der Waals surface area (Å²) in [6.45, 7) is 13.3. The summed E-state index contributed by atoms with van der Waals surface area (Å²) in [6, 6.07) is 11.0. The molecule has 9 heteroatoms. The summed E-state index contributed by atoms with van der Waals surface area (Å²) in [6.07, 6.45) is 5.63.